The van der Waals surface area contributed by atoms with Gasteiger partial charge in [0.05, 0.1) is 6.61 Å². The Bertz CT molecular complexity index is 512. The minimum Gasteiger partial charge on any atom is -0.507 e. The fourth-order valence-corrected chi connectivity index (χ4v) is 1.68. The van der Waals surface area contributed by atoms with E-state index >= 15 is 0 Å². The normalized spacial score (nSPS) is 9.61. The SMILES string of the molecule is CCOc1ccc(-c2cc(N)ccc2O)cc1.Cl. The van der Waals surface area contributed by atoms with Crippen LogP contribution in [0.4, 0.5) is 5.69 Å². The lowest BCUT2D eigenvalue weighted by atomic mass is 10.0. The average Bonchev–Trinajstić information content (AvgIpc) is 2.34. The van der Waals surface area contributed by atoms with Crippen LogP contribution in [0.3, 0.4) is 0 Å². The first-order valence-corrected chi connectivity index (χ1v) is 5.52. The van der Waals surface area contributed by atoms with Crippen LogP contribution in [0.15, 0.2) is 42.5 Å². The van der Waals surface area contributed by atoms with E-state index in [1.54, 1.807) is 18.2 Å². The van der Waals surface area contributed by atoms with Crippen molar-refractivity contribution in [2.75, 3.05) is 12.3 Å². The van der Waals surface area contributed by atoms with Crippen molar-refractivity contribution in [3.63, 3.8) is 0 Å². The standard InChI is InChI=1S/C14H15NO2.ClH/c1-2-17-12-6-3-10(4-7-12)13-9-11(15)5-8-14(13)16;/h3-9,16H,2,15H2,1H3;1H. The van der Waals surface area contributed by atoms with Crippen LogP contribution < -0.4 is 10.5 Å². The van der Waals surface area contributed by atoms with E-state index in [2.05, 4.69) is 0 Å². The number of halogens is 1. The number of hydrogen-bond donors (Lipinski definition) is 2. The molecule has 3 N–H and O–H groups in total. The van der Waals surface area contributed by atoms with Gasteiger partial charge in [0.1, 0.15) is 11.5 Å². The largest absolute Gasteiger partial charge is 0.507 e. The highest BCUT2D eigenvalue weighted by Gasteiger charge is 2.04. The smallest absolute Gasteiger partial charge is 0.123 e. The molecule has 4 heteroatoms. The van der Waals surface area contributed by atoms with E-state index in [1.807, 2.05) is 31.2 Å². The number of benzene rings is 2. The zero-order valence-electron chi connectivity index (χ0n) is 10.1. The van der Waals surface area contributed by atoms with Gasteiger partial charge in [-0.2, -0.15) is 0 Å². The molecule has 0 spiro atoms. The molecule has 0 aliphatic carbocycles. The number of rotatable bonds is 3. The first kappa shape index (κ1) is 14.2. The van der Waals surface area contributed by atoms with E-state index < -0.39 is 0 Å². The summed E-state index contributed by atoms with van der Waals surface area (Å²) < 4.78 is 5.36. The van der Waals surface area contributed by atoms with Gasteiger partial charge in [-0.1, -0.05) is 12.1 Å². The monoisotopic (exact) mass is 265 g/mol. The molecule has 0 saturated heterocycles. The summed E-state index contributed by atoms with van der Waals surface area (Å²) in [6, 6.07) is 12.6. The van der Waals surface area contributed by atoms with E-state index in [0.717, 1.165) is 16.9 Å². The average molecular weight is 266 g/mol. The number of ether oxygens (including phenoxy) is 1. The molecule has 0 aliphatic rings. The summed E-state index contributed by atoms with van der Waals surface area (Å²) in [6.45, 7) is 2.58. The number of phenolic OH excluding ortho intramolecular Hbond substituents is 1. The molecule has 0 atom stereocenters. The summed E-state index contributed by atoms with van der Waals surface area (Å²) >= 11 is 0. The molecule has 2 rings (SSSR count). The van der Waals surface area contributed by atoms with Gasteiger partial charge in [0.15, 0.2) is 0 Å². The Kier molecular flexibility index (Phi) is 4.86. The number of anilines is 1. The van der Waals surface area contributed by atoms with Crippen molar-refractivity contribution in [2.24, 2.45) is 0 Å². The number of nitrogen functional groups attached to an aromatic ring is 1. The van der Waals surface area contributed by atoms with Gasteiger partial charge in [-0.05, 0) is 42.8 Å². The molecular formula is C14H16ClNO2. The zero-order chi connectivity index (χ0) is 12.3. The van der Waals surface area contributed by atoms with Gasteiger partial charge in [-0.15, -0.1) is 12.4 Å². The highest BCUT2D eigenvalue weighted by Crippen LogP contribution is 2.31. The molecule has 0 saturated carbocycles. The van der Waals surface area contributed by atoms with Gasteiger partial charge >= 0.3 is 0 Å². The van der Waals surface area contributed by atoms with Crippen molar-refractivity contribution in [3.05, 3.63) is 42.5 Å². The molecule has 0 fully saturated rings. The molecule has 2 aromatic carbocycles. The molecule has 0 radical (unpaired) electrons. The Hall–Kier alpha value is -1.87. The predicted octanol–water partition coefficient (Wildman–Crippen LogP) is 3.46. The summed E-state index contributed by atoms with van der Waals surface area (Å²) in [4.78, 5) is 0. The van der Waals surface area contributed by atoms with Crippen LogP contribution in [0.2, 0.25) is 0 Å². The van der Waals surface area contributed by atoms with Crippen LogP contribution in [0, 0.1) is 0 Å². The van der Waals surface area contributed by atoms with E-state index in [-0.39, 0.29) is 18.2 Å². The first-order valence-electron chi connectivity index (χ1n) is 5.52. The maximum absolute atomic E-state index is 9.77. The Morgan fingerprint density at radius 2 is 1.78 bits per heavy atom. The molecule has 0 aliphatic heterocycles. The van der Waals surface area contributed by atoms with Gasteiger partial charge in [0, 0.05) is 11.3 Å². The lowest BCUT2D eigenvalue weighted by molar-refractivity contribution is 0.340. The van der Waals surface area contributed by atoms with Crippen molar-refractivity contribution in [1.82, 2.24) is 0 Å². The Morgan fingerprint density at radius 1 is 1.11 bits per heavy atom. The van der Waals surface area contributed by atoms with Gasteiger partial charge in [-0.3, -0.25) is 0 Å². The molecule has 0 unspecified atom stereocenters. The van der Waals surface area contributed by atoms with Crippen LogP contribution in [-0.2, 0) is 0 Å². The minimum absolute atomic E-state index is 0. The maximum Gasteiger partial charge on any atom is 0.123 e. The van der Waals surface area contributed by atoms with Gasteiger partial charge < -0.3 is 15.6 Å². The Morgan fingerprint density at radius 3 is 2.39 bits per heavy atom. The number of hydrogen-bond acceptors (Lipinski definition) is 3. The van der Waals surface area contributed by atoms with E-state index in [9.17, 15) is 5.11 Å². The maximum atomic E-state index is 9.77. The van der Waals surface area contributed by atoms with Gasteiger partial charge in [-0.25, -0.2) is 0 Å². The first-order chi connectivity index (χ1) is 8.20. The highest BCUT2D eigenvalue weighted by atomic mass is 35.5. The van der Waals surface area contributed by atoms with Crippen LogP contribution in [0.25, 0.3) is 11.1 Å². The summed E-state index contributed by atoms with van der Waals surface area (Å²) in [5.74, 6) is 1.04. The molecule has 2 aromatic rings. The Balaban J connectivity index is 0.00000162. The number of aromatic hydroxyl groups is 1. The van der Waals surface area contributed by atoms with Crippen molar-refractivity contribution in [1.29, 1.82) is 0 Å². The minimum atomic E-state index is 0. The van der Waals surface area contributed by atoms with Crippen LogP contribution in [0.1, 0.15) is 6.92 Å². The molecule has 0 amide bonds. The topological polar surface area (TPSA) is 55.5 Å². The summed E-state index contributed by atoms with van der Waals surface area (Å²) in [5.41, 5.74) is 7.98. The molecular weight excluding hydrogens is 250 g/mol. The molecule has 0 bridgehead atoms. The second kappa shape index (κ2) is 6.17. The van der Waals surface area contributed by atoms with Crippen LogP contribution in [-0.4, -0.2) is 11.7 Å². The third kappa shape index (κ3) is 3.08. The van der Waals surface area contributed by atoms with E-state index in [0.29, 0.717) is 12.3 Å². The third-order valence-corrected chi connectivity index (χ3v) is 2.50. The van der Waals surface area contributed by atoms with Gasteiger partial charge in [0.2, 0.25) is 0 Å². The summed E-state index contributed by atoms with van der Waals surface area (Å²) in [5, 5.41) is 9.77. The second-order valence-corrected chi connectivity index (χ2v) is 3.73. The van der Waals surface area contributed by atoms with Crippen LogP contribution >= 0.6 is 12.4 Å². The molecule has 96 valence electrons. The van der Waals surface area contributed by atoms with E-state index in [1.165, 1.54) is 0 Å². The van der Waals surface area contributed by atoms with Crippen LogP contribution in [0.5, 0.6) is 11.5 Å². The van der Waals surface area contributed by atoms with Crippen molar-refractivity contribution < 1.29 is 9.84 Å². The summed E-state index contributed by atoms with van der Waals surface area (Å²) in [7, 11) is 0. The lowest BCUT2D eigenvalue weighted by Gasteiger charge is -2.07. The fourth-order valence-electron chi connectivity index (χ4n) is 1.68. The highest BCUT2D eigenvalue weighted by molar-refractivity contribution is 5.85. The number of phenols is 1. The second-order valence-electron chi connectivity index (χ2n) is 3.73. The Labute approximate surface area is 113 Å². The fraction of sp³-hybridized carbons (Fsp3) is 0.143. The van der Waals surface area contributed by atoms with E-state index in [4.69, 9.17) is 10.5 Å². The van der Waals surface area contributed by atoms with Crippen molar-refractivity contribution in [2.45, 2.75) is 6.92 Å². The zero-order valence-corrected chi connectivity index (χ0v) is 10.9. The molecule has 18 heavy (non-hydrogen) atoms. The third-order valence-electron chi connectivity index (χ3n) is 2.50. The van der Waals surface area contributed by atoms with Crippen molar-refractivity contribution in [3.8, 4) is 22.6 Å². The molecule has 0 aromatic heterocycles. The van der Waals surface area contributed by atoms with Gasteiger partial charge in [0.25, 0.3) is 0 Å². The predicted molar refractivity (Wildman–Crippen MR) is 76.4 cm³/mol. The molecule has 3 nitrogen and oxygen atoms in total. The quantitative estimate of drug-likeness (QED) is 0.660. The van der Waals surface area contributed by atoms with Crippen molar-refractivity contribution >= 4 is 18.1 Å². The molecule has 0 heterocycles. The summed E-state index contributed by atoms with van der Waals surface area (Å²) in [6.07, 6.45) is 0. The lowest BCUT2D eigenvalue weighted by Crippen LogP contribution is -1.91. The number of nitrogens with two attached hydrogens (primary N) is 1.